The summed E-state index contributed by atoms with van der Waals surface area (Å²) in [6.45, 7) is 8.69. The van der Waals surface area contributed by atoms with E-state index >= 15 is 0 Å². The number of benzene rings is 1. The van der Waals surface area contributed by atoms with Gasteiger partial charge in [0.1, 0.15) is 12.4 Å². The van der Waals surface area contributed by atoms with Gasteiger partial charge >= 0.3 is 0 Å². The Morgan fingerprint density at radius 1 is 1.23 bits per heavy atom. The number of carbonyl (C=O) groups is 1. The molecule has 0 saturated heterocycles. The highest BCUT2D eigenvalue weighted by molar-refractivity contribution is 14.0. The summed E-state index contributed by atoms with van der Waals surface area (Å²) in [5.41, 5.74) is 0.402. The van der Waals surface area contributed by atoms with E-state index in [9.17, 15) is 9.18 Å². The molecule has 0 fully saturated rings. The lowest BCUT2D eigenvalue weighted by Crippen LogP contribution is -2.47. The van der Waals surface area contributed by atoms with Crippen molar-refractivity contribution >= 4 is 41.5 Å². The first-order valence-corrected chi connectivity index (χ1v) is 6.92. The largest absolute Gasteiger partial charge is 0.357 e. The van der Waals surface area contributed by atoms with Gasteiger partial charge in [-0.2, -0.15) is 0 Å². The average Bonchev–Trinajstić information content (AvgIpc) is 2.37. The molecule has 0 saturated carbocycles. The van der Waals surface area contributed by atoms with Crippen LogP contribution in [-0.2, 0) is 4.79 Å². The fraction of sp³-hybridized carbons (Fsp3) is 0.467. The van der Waals surface area contributed by atoms with Crippen LogP contribution in [0, 0.1) is 5.82 Å². The first kappa shape index (κ1) is 20.6. The minimum Gasteiger partial charge on any atom is -0.357 e. The quantitative estimate of drug-likeness (QED) is 0.397. The summed E-state index contributed by atoms with van der Waals surface area (Å²) in [5.74, 6) is -0.0122. The summed E-state index contributed by atoms with van der Waals surface area (Å²) in [6, 6.07) is 5.61. The molecule has 3 N–H and O–H groups in total. The first-order chi connectivity index (χ1) is 9.80. The van der Waals surface area contributed by atoms with Gasteiger partial charge in [0.05, 0.1) is 0 Å². The second-order valence-electron chi connectivity index (χ2n) is 5.63. The topological polar surface area (TPSA) is 65.5 Å². The van der Waals surface area contributed by atoms with E-state index in [1.54, 1.807) is 0 Å². The van der Waals surface area contributed by atoms with Gasteiger partial charge in [-0.15, -0.1) is 24.0 Å². The highest BCUT2D eigenvalue weighted by Gasteiger charge is 2.12. The molecular weight excluding hydrogens is 398 g/mol. The molecule has 0 bridgehead atoms. The Morgan fingerprint density at radius 3 is 2.32 bits per heavy atom. The predicted molar refractivity (Wildman–Crippen MR) is 99.3 cm³/mol. The monoisotopic (exact) mass is 422 g/mol. The van der Waals surface area contributed by atoms with Crippen LogP contribution in [-0.4, -0.2) is 30.5 Å². The van der Waals surface area contributed by atoms with E-state index in [0.717, 1.165) is 0 Å². The van der Waals surface area contributed by atoms with Crippen LogP contribution in [0.4, 0.5) is 10.1 Å². The van der Waals surface area contributed by atoms with Crippen LogP contribution in [0.1, 0.15) is 27.7 Å². The van der Waals surface area contributed by atoms with Gasteiger partial charge in [-0.05, 0) is 52.0 Å². The number of nitrogens with one attached hydrogen (secondary N) is 3. The first-order valence-electron chi connectivity index (χ1n) is 6.92. The van der Waals surface area contributed by atoms with Crippen molar-refractivity contribution in [2.45, 2.75) is 33.2 Å². The normalized spacial score (nSPS) is 11.4. The molecule has 1 aromatic rings. The number of hydrogen-bond acceptors (Lipinski definition) is 2. The van der Waals surface area contributed by atoms with Crippen molar-refractivity contribution in [3.05, 3.63) is 30.1 Å². The third kappa shape index (κ3) is 8.81. The zero-order valence-electron chi connectivity index (χ0n) is 13.4. The van der Waals surface area contributed by atoms with E-state index in [4.69, 9.17) is 0 Å². The van der Waals surface area contributed by atoms with Crippen molar-refractivity contribution in [3.8, 4) is 0 Å². The molecular formula is C15H24FIN4O. The molecule has 0 spiro atoms. The molecule has 0 heterocycles. The summed E-state index contributed by atoms with van der Waals surface area (Å²) in [5, 5.41) is 8.93. The number of rotatable bonds is 4. The van der Waals surface area contributed by atoms with Crippen LogP contribution in [0.2, 0.25) is 0 Å². The highest BCUT2D eigenvalue weighted by Crippen LogP contribution is 2.07. The van der Waals surface area contributed by atoms with Crippen molar-refractivity contribution < 1.29 is 9.18 Å². The van der Waals surface area contributed by atoms with Gasteiger partial charge < -0.3 is 16.0 Å². The van der Waals surface area contributed by atoms with Crippen molar-refractivity contribution in [1.82, 2.24) is 10.6 Å². The second-order valence-corrected chi connectivity index (χ2v) is 5.63. The number of nitrogens with zero attached hydrogens (tertiary/aromatic N) is 1. The maximum atomic E-state index is 12.8. The SMILES string of the molecule is CCNC(=NCC(=O)Nc1ccc(F)cc1)NC(C)(C)C.I. The fourth-order valence-electron chi connectivity index (χ4n) is 1.55. The van der Waals surface area contributed by atoms with Crippen molar-refractivity contribution in [3.63, 3.8) is 0 Å². The van der Waals surface area contributed by atoms with Gasteiger partial charge in [0, 0.05) is 17.8 Å². The molecule has 1 aromatic carbocycles. The number of anilines is 1. The molecule has 0 aliphatic rings. The number of halogens is 2. The van der Waals surface area contributed by atoms with E-state index in [2.05, 4.69) is 20.9 Å². The van der Waals surface area contributed by atoms with Crippen LogP contribution in [0.5, 0.6) is 0 Å². The molecule has 22 heavy (non-hydrogen) atoms. The third-order valence-corrected chi connectivity index (χ3v) is 2.35. The molecule has 1 rings (SSSR count). The molecule has 7 heteroatoms. The summed E-state index contributed by atoms with van der Waals surface area (Å²) < 4.78 is 12.8. The molecule has 5 nitrogen and oxygen atoms in total. The lowest BCUT2D eigenvalue weighted by atomic mass is 10.1. The second kappa shape index (κ2) is 9.60. The zero-order chi connectivity index (χ0) is 15.9. The van der Waals surface area contributed by atoms with Gasteiger partial charge in [-0.3, -0.25) is 4.79 Å². The van der Waals surface area contributed by atoms with Crippen LogP contribution < -0.4 is 16.0 Å². The van der Waals surface area contributed by atoms with Crippen LogP contribution in [0.3, 0.4) is 0 Å². The van der Waals surface area contributed by atoms with Crippen LogP contribution in [0.25, 0.3) is 0 Å². The van der Waals surface area contributed by atoms with Gasteiger partial charge in [0.25, 0.3) is 0 Å². The Hall–Kier alpha value is -1.38. The van der Waals surface area contributed by atoms with Crippen LogP contribution in [0.15, 0.2) is 29.3 Å². The third-order valence-electron chi connectivity index (χ3n) is 2.35. The average molecular weight is 422 g/mol. The van der Waals surface area contributed by atoms with E-state index in [1.807, 2.05) is 27.7 Å². The van der Waals surface area contributed by atoms with E-state index in [0.29, 0.717) is 18.2 Å². The fourth-order valence-corrected chi connectivity index (χ4v) is 1.55. The van der Waals surface area contributed by atoms with Crippen molar-refractivity contribution in [2.75, 3.05) is 18.4 Å². The molecule has 0 atom stereocenters. The maximum Gasteiger partial charge on any atom is 0.246 e. The summed E-state index contributed by atoms with van der Waals surface area (Å²) >= 11 is 0. The molecule has 1 amide bonds. The molecule has 0 aliphatic carbocycles. The van der Waals surface area contributed by atoms with Crippen molar-refractivity contribution in [1.29, 1.82) is 0 Å². The Balaban J connectivity index is 0.00000441. The Bertz CT molecular complexity index is 497. The van der Waals surface area contributed by atoms with Gasteiger partial charge in [-0.25, -0.2) is 9.38 Å². The minimum atomic E-state index is -0.338. The van der Waals surface area contributed by atoms with E-state index in [-0.39, 0.29) is 47.8 Å². The molecule has 0 unspecified atom stereocenters. The lowest BCUT2D eigenvalue weighted by molar-refractivity contribution is -0.114. The van der Waals surface area contributed by atoms with E-state index in [1.165, 1.54) is 24.3 Å². The Labute approximate surface area is 148 Å². The number of hydrogen-bond donors (Lipinski definition) is 3. The minimum absolute atomic E-state index is 0. The van der Waals surface area contributed by atoms with Gasteiger partial charge in [0.2, 0.25) is 5.91 Å². The molecule has 0 radical (unpaired) electrons. The van der Waals surface area contributed by atoms with E-state index < -0.39 is 0 Å². The predicted octanol–water partition coefficient (Wildman–Crippen LogP) is 2.74. The zero-order valence-corrected chi connectivity index (χ0v) is 15.7. The van der Waals surface area contributed by atoms with Crippen molar-refractivity contribution in [2.24, 2.45) is 4.99 Å². The number of amides is 1. The maximum absolute atomic E-state index is 12.8. The summed E-state index contributed by atoms with van der Waals surface area (Å²) in [6.07, 6.45) is 0. The smallest absolute Gasteiger partial charge is 0.246 e. The Kier molecular flexibility index (Phi) is 9.00. The van der Waals surface area contributed by atoms with Crippen LogP contribution >= 0.6 is 24.0 Å². The molecule has 0 aromatic heterocycles. The number of guanidine groups is 1. The number of aliphatic imine (C=N–C) groups is 1. The standard InChI is InChI=1S/C15H23FN4O.HI/c1-5-17-14(20-15(2,3)4)18-10-13(21)19-12-8-6-11(16)7-9-12;/h6-9H,5,10H2,1-4H3,(H,19,21)(H2,17,18,20);1H. The molecule has 0 aliphatic heterocycles. The summed E-state index contributed by atoms with van der Waals surface area (Å²) in [4.78, 5) is 16.0. The van der Waals surface area contributed by atoms with Gasteiger partial charge in [-0.1, -0.05) is 0 Å². The lowest BCUT2D eigenvalue weighted by Gasteiger charge is -2.23. The Morgan fingerprint density at radius 2 is 1.82 bits per heavy atom. The highest BCUT2D eigenvalue weighted by atomic mass is 127. The number of carbonyl (C=O) groups excluding carboxylic acids is 1. The van der Waals surface area contributed by atoms with Gasteiger partial charge in [0.15, 0.2) is 5.96 Å². The molecule has 124 valence electrons. The summed E-state index contributed by atoms with van der Waals surface area (Å²) in [7, 11) is 0.